The van der Waals surface area contributed by atoms with Crippen LogP contribution >= 0.6 is 15.9 Å². The summed E-state index contributed by atoms with van der Waals surface area (Å²) in [7, 11) is 0. The standard InChI is InChI=1S/C17H24BrN3/c1-17(14-4-5-14)11-20-16(13-2-3-13)10-21(17)9-12-6-15(18)8-19-7-12/h6-8,13-14,16,20H,2-5,9-11H2,1H3. The third-order valence-electron chi connectivity index (χ3n) is 5.64. The van der Waals surface area contributed by atoms with Gasteiger partial charge in [0.05, 0.1) is 0 Å². The Morgan fingerprint density at radius 1 is 1.33 bits per heavy atom. The summed E-state index contributed by atoms with van der Waals surface area (Å²) in [6.45, 7) is 5.85. The molecule has 2 unspecified atom stereocenters. The smallest absolute Gasteiger partial charge is 0.0410 e. The molecule has 0 bridgehead atoms. The Balaban J connectivity index is 1.54. The molecule has 2 saturated carbocycles. The molecule has 1 aromatic heterocycles. The summed E-state index contributed by atoms with van der Waals surface area (Å²) >= 11 is 3.55. The van der Waals surface area contributed by atoms with E-state index in [1.165, 1.54) is 37.8 Å². The number of halogens is 1. The number of aromatic nitrogens is 1. The van der Waals surface area contributed by atoms with E-state index in [2.05, 4.69) is 44.1 Å². The van der Waals surface area contributed by atoms with Crippen LogP contribution in [0.4, 0.5) is 0 Å². The van der Waals surface area contributed by atoms with Gasteiger partial charge in [0.25, 0.3) is 0 Å². The topological polar surface area (TPSA) is 28.2 Å². The van der Waals surface area contributed by atoms with Crippen LogP contribution in [-0.4, -0.2) is 34.6 Å². The maximum absolute atomic E-state index is 4.34. The van der Waals surface area contributed by atoms with Crippen molar-refractivity contribution in [1.82, 2.24) is 15.2 Å². The fourth-order valence-corrected chi connectivity index (χ4v) is 4.30. The molecule has 3 aliphatic rings. The molecule has 1 aromatic rings. The van der Waals surface area contributed by atoms with Gasteiger partial charge >= 0.3 is 0 Å². The minimum Gasteiger partial charge on any atom is -0.311 e. The zero-order valence-electron chi connectivity index (χ0n) is 12.7. The van der Waals surface area contributed by atoms with E-state index in [1.54, 1.807) is 0 Å². The number of pyridine rings is 1. The van der Waals surface area contributed by atoms with Gasteiger partial charge in [0.2, 0.25) is 0 Å². The molecule has 2 aliphatic carbocycles. The number of piperazine rings is 1. The summed E-state index contributed by atoms with van der Waals surface area (Å²) in [5.41, 5.74) is 1.65. The van der Waals surface area contributed by atoms with E-state index in [-0.39, 0.29) is 0 Å². The molecule has 0 spiro atoms. The Bertz CT molecular complexity index is 527. The first-order chi connectivity index (χ1) is 10.1. The predicted molar refractivity (Wildman–Crippen MR) is 88.0 cm³/mol. The fraction of sp³-hybridized carbons (Fsp3) is 0.706. The van der Waals surface area contributed by atoms with E-state index in [9.17, 15) is 0 Å². The summed E-state index contributed by atoms with van der Waals surface area (Å²) in [6, 6.07) is 2.92. The van der Waals surface area contributed by atoms with Gasteiger partial charge in [0, 0.05) is 48.1 Å². The van der Waals surface area contributed by atoms with Crippen molar-refractivity contribution in [3.63, 3.8) is 0 Å². The van der Waals surface area contributed by atoms with Crippen molar-refractivity contribution in [2.75, 3.05) is 13.1 Å². The van der Waals surface area contributed by atoms with Crippen molar-refractivity contribution in [1.29, 1.82) is 0 Å². The van der Waals surface area contributed by atoms with E-state index in [4.69, 9.17) is 0 Å². The Morgan fingerprint density at radius 3 is 2.81 bits per heavy atom. The van der Waals surface area contributed by atoms with Crippen LogP contribution in [0.2, 0.25) is 0 Å². The largest absolute Gasteiger partial charge is 0.311 e. The van der Waals surface area contributed by atoms with Gasteiger partial charge in [-0.15, -0.1) is 0 Å². The van der Waals surface area contributed by atoms with E-state index in [0.29, 0.717) is 11.6 Å². The molecule has 1 N–H and O–H groups in total. The summed E-state index contributed by atoms with van der Waals surface area (Å²) in [5, 5.41) is 3.85. The van der Waals surface area contributed by atoms with Crippen molar-refractivity contribution in [3.8, 4) is 0 Å². The van der Waals surface area contributed by atoms with E-state index in [0.717, 1.165) is 29.4 Å². The van der Waals surface area contributed by atoms with Crippen LogP contribution in [0.1, 0.15) is 38.2 Å². The average Bonchev–Trinajstić information content (AvgIpc) is 3.33. The highest BCUT2D eigenvalue weighted by Gasteiger charge is 2.49. The van der Waals surface area contributed by atoms with E-state index in [1.807, 2.05) is 12.4 Å². The second kappa shape index (κ2) is 5.32. The monoisotopic (exact) mass is 349 g/mol. The van der Waals surface area contributed by atoms with Crippen LogP contribution in [0, 0.1) is 11.8 Å². The molecule has 114 valence electrons. The van der Waals surface area contributed by atoms with Gasteiger partial charge in [0.15, 0.2) is 0 Å². The van der Waals surface area contributed by atoms with Gasteiger partial charge in [0.1, 0.15) is 0 Å². The van der Waals surface area contributed by atoms with Gasteiger partial charge in [-0.1, -0.05) is 0 Å². The predicted octanol–water partition coefficient (Wildman–Crippen LogP) is 3.20. The molecule has 0 aromatic carbocycles. The van der Waals surface area contributed by atoms with Crippen molar-refractivity contribution in [3.05, 3.63) is 28.5 Å². The summed E-state index contributed by atoms with van der Waals surface area (Å²) in [6.07, 6.45) is 9.54. The lowest BCUT2D eigenvalue weighted by Crippen LogP contribution is -2.64. The highest BCUT2D eigenvalue weighted by atomic mass is 79.9. The van der Waals surface area contributed by atoms with E-state index >= 15 is 0 Å². The van der Waals surface area contributed by atoms with Gasteiger partial charge in [-0.2, -0.15) is 0 Å². The molecular formula is C17H24BrN3. The Kier molecular flexibility index (Phi) is 3.59. The van der Waals surface area contributed by atoms with Crippen molar-refractivity contribution in [2.24, 2.45) is 11.8 Å². The summed E-state index contributed by atoms with van der Waals surface area (Å²) in [5.74, 6) is 1.81. The minimum atomic E-state index is 0.327. The molecule has 21 heavy (non-hydrogen) atoms. The van der Waals surface area contributed by atoms with Crippen LogP contribution in [0.15, 0.2) is 22.9 Å². The number of rotatable bonds is 4. The maximum atomic E-state index is 4.34. The summed E-state index contributed by atoms with van der Waals surface area (Å²) in [4.78, 5) is 7.08. The third kappa shape index (κ3) is 2.90. The van der Waals surface area contributed by atoms with E-state index < -0.39 is 0 Å². The number of hydrogen-bond donors (Lipinski definition) is 1. The lowest BCUT2D eigenvalue weighted by atomic mass is 9.88. The van der Waals surface area contributed by atoms with Crippen LogP contribution < -0.4 is 5.32 Å². The average molecular weight is 350 g/mol. The Morgan fingerprint density at radius 2 is 2.14 bits per heavy atom. The lowest BCUT2D eigenvalue weighted by Gasteiger charge is -2.49. The van der Waals surface area contributed by atoms with Crippen molar-refractivity contribution in [2.45, 2.75) is 50.7 Å². The first-order valence-corrected chi connectivity index (χ1v) is 9.02. The molecule has 2 atom stereocenters. The number of nitrogens with zero attached hydrogens (tertiary/aromatic N) is 2. The Labute approximate surface area is 135 Å². The highest BCUT2D eigenvalue weighted by Crippen LogP contribution is 2.46. The second-order valence-corrected chi connectivity index (χ2v) is 8.26. The Hall–Kier alpha value is -0.450. The molecule has 0 radical (unpaired) electrons. The van der Waals surface area contributed by atoms with Gasteiger partial charge in [-0.05, 0) is 72.0 Å². The van der Waals surface area contributed by atoms with Crippen molar-refractivity contribution < 1.29 is 0 Å². The number of hydrogen-bond acceptors (Lipinski definition) is 3. The molecule has 1 aliphatic heterocycles. The minimum absolute atomic E-state index is 0.327. The fourth-order valence-electron chi connectivity index (χ4n) is 3.89. The normalized spacial score (nSPS) is 34.1. The second-order valence-electron chi connectivity index (χ2n) is 7.35. The maximum Gasteiger partial charge on any atom is 0.0410 e. The van der Waals surface area contributed by atoms with Gasteiger partial charge in [-0.3, -0.25) is 9.88 Å². The molecule has 1 saturated heterocycles. The molecular weight excluding hydrogens is 326 g/mol. The molecule has 2 heterocycles. The van der Waals surface area contributed by atoms with Crippen LogP contribution in [0.25, 0.3) is 0 Å². The van der Waals surface area contributed by atoms with Crippen LogP contribution in [-0.2, 0) is 6.54 Å². The molecule has 4 heteroatoms. The quantitative estimate of drug-likeness (QED) is 0.904. The SMILES string of the molecule is CC1(C2CC2)CNC(C2CC2)CN1Cc1cncc(Br)c1. The number of nitrogens with one attached hydrogen (secondary N) is 1. The zero-order valence-corrected chi connectivity index (χ0v) is 14.3. The van der Waals surface area contributed by atoms with Crippen LogP contribution in [0.3, 0.4) is 0 Å². The molecule has 3 fully saturated rings. The lowest BCUT2D eigenvalue weighted by molar-refractivity contribution is 0.0234. The molecule has 0 amide bonds. The highest BCUT2D eigenvalue weighted by molar-refractivity contribution is 9.10. The third-order valence-corrected chi connectivity index (χ3v) is 6.08. The molecule has 3 nitrogen and oxygen atoms in total. The first-order valence-electron chi connectivity index (χ1n) is 8.23. The van der Waals surface area contributed by atoms with Gasteiger partial charge < -0.3 is 5.32 Å². The first kappa shape index (κ1) is 14.2. The van der Waals surface area contributed by atoms with Crippen molar-refractivity contribution >= 4 is 15.9 Å². The zero-order chi connectivity index (χ0) is 14.4. The van der Waals surface area contributed by atoms with Gasteiger partial charge in [-0.25, -0.2) is 0 Å². The summed E-state index contributed by atoms with van der Waals surface area (Å²) < 4.78 is 1.09. The molecule has 4 rings (SSSR count). The van der Waals surface area contributed by atoms with Crippen LogP contribution in [0.5, 0.6) is 0 Å².